The summed E-state index contributed by atoms with van der Waals surface area (Å²) in [5.41, 5.74) is 1.71. The minimum atomic E-state index is -0.616. The van der Waals surface area contributed by atoms with Gasteiger partial charge < -0.3 is 15.4 Å². The number of esters is 1. The first kappa shape index (κ1) is 35.0. The number of hydrogen-bond donors (Lipinski definition) is 3. The van der Waals surface area contributed by atoms with Crippen LogP contribution < -0.4 is 10.6 Å². The molecule has 0 radical (unpaired) electrons. The molecule has 4 nitrogen and oxygen atoms in total. The molecule has 38 heavy (non-hydrogen) atoms. The van der Waals surface area contributed by atoms with Gasteiger partial charge in [0.25, 0.3) is 0 Å². The number of carbonyl (C=O) groups is 1. The zero-order chi connectivity index (χ0) is 29.4. The van der Waals surface area contributed by atoms with Crippen molar-refractivity contribution in [3.8, 4) is 0 Å². The Kier molecular flexibility index (Phi) is 12.9. The van der Waals surface area contributed by atoms with Crippen molar-refractivity contribution >= 4 is 18.6 Å². The highest BCUT2D eigenvalue weighted by Gasteiger charge is 2.54. The van der Waals surface area contributed by atoms with Gasteiger partial charge in [0.2, 0.25) is 0 Å². The number of ether oxygens (including phenoxy) is 1. The van der Waals surface area contributed by atoms with Gasteiger partial charge in [-0.25, -0.2) is 0 Å². The fraction of sp³-hybridized carbons (Fsp3) is 0.788. The van der Waals surface area contributed by atoms with Crippen molar-refractivity contribution in [2.75, 3.05) is 33.3 Å². The lowest BCUT2D eigenvalue weighted by atomic mass is 9.50. The Hall–Kier alpha value is -1.04. The zero-order valence-corrected chi connectivity index (χ0v) is 27.7. The van der Waals surface area contributed by atoms with Gasteiger partial charge in [0.15, 0.2) is 0 Å². The Morgan fingerprint density at radius 1 is 0.895 bits per heavy atom. The van der Waals surface area contributed by atoms with Crippen LogP contribution in [0.15, 0.2) is 24.3 Å². The summed E-state index contributed by atoms with van der Waals surface area (Å²) >= 11 is 4.46. The molecule has 0 spiro atoms. The van der Waals surface area contributed by atoms with Crippen molar-refractivity contribution in [3.63, 3.8) is 0 Å². The molecule has 2 N–H and O–H groups in total. The van der Waals surface area contributed by atoms with E-state index in [9.17, 15) is 4.79 Å². The van der Waals surface area contributed by atoms with Gasteiger partial charge in [-0.1, -0.05) is 93.5 Å². The molecular weight excluding hydrogens is 488 g/mol. The van der Waals surface area contributed by atoms with Crippen molar-refractivity contribution < 1.29 is 9.53 Å². The average molecular weight is 549 g/mol. The molecule has 1 rings (SSSR count). The Labute approximate surface area is 241 Å². The second-order valence-corrected chi connectivity index (χ2v) is 15.2. The quantitative estimate of drug-likeness (QED) is 0.119. The summed E-state index contributed by atoms with van der Waals surface area (Å²) < 4.78 is 5.95. The van der Waals surface area contributed by atoms with E-state index in [1.54, 1.807) is 0 Å². The topological polar surface area (TPSA) is 50.4 Å². The maximum atomic E-state index is 13.7. The number of nitrogens with one attached hydrogen (secondary N) is 2. The number of likely N-dealkylation sites (N-methyl/N-ethyl adjacent to an activating group) is 1. The van der Waals surface area contributed by atoms with Crippen LogP contribution in [-0.4, -0.2) is 39.3 Å². The lowest BCUT2D eigenvalue weighted by molar-refractivity contribution is -0.167. The molecule has 0 amide bonds. The molecule has 5 heteroatoms. The van der Waals surface area contributed by atoms with Crippen molar-refractivity contribution in [2.45, 2.75) is 107 Å². The van der Waals surface area contributed by atoms with Crippen LogP contribution in [0.5, 0.6) is 0 Å². The summed E-state index contributed by atoms with van der Waals surface area (Å²) in [6.45, 7) is 28.3. The summed E-state index contributed by atoms with van der Waals surface area (Å²) in [6, 6.07) is 9.01. The van der Waals surface area contributed by atoms with Crippen LogP contribution in [0.2, 0.25) is 0 Å². The maximum Gasteiger partial charge on any atom is 0.312 e. The first-order chi connectivity index (χ1) is 17.3. The van der Waals surface area contributed by atoms with Crippen molar-refractivity contribution in [3.05, 3.63) is 35.4 Å². The van der Waals surface area contributed by atoms with E-state index in [1.807, 2.05) is 7.05 Å². The van der Waals surface area contributed by atoms with Gasteiger partial charge in [0.05, 0.1) is 12.0 Å². The van der Waals surface area contributed by atoms with Crippen molar-refractivity contribution in [2.24, 2.45) is 27.1 Å². The Morgan fingerprint density at radius 2 is 1.47 bits per heavy atom. The van der Waals surface area contributed by atoms with Gasteiger partial charge in [-0.15, -0.1) is 0 Å². The molecule has 2 atom stereocenters. The third kappa shape index (κ3) is 9.55. The summed E-state index contributed by atoms with van der Waals surface area (Å²) in [7, 11) is 1.95. The maximum absolute atomic E-state index is 13.7. The molecule has 0 fully saturated rings. The fourth-order valence-corrected chi connectivity index (χ4v) is 5.55. The average Bonchev–Trinajstić information content (AvgIpc) is 2.80. The molecule has 1 aromatic carbocycles. The zero-order valence-electron chi connectivity index (χ0n) is 26.8. The molecule has 0 aliphatic heterocycles. The number of benzene rings is 1. The number of hydrogen-bond acceptors (Lipinski definition) is 5. The van der Waals surface area contributed by atoms with E-state index >= 15 is 0 Å². The normalized spacial score (nSPS) is 15.7. The second kappa shape index (κ2) is 14.0. The van der Waals surface area contributed by atoms with Crippen LogP contribution >= 0.6 is 12.6 Å². The van der Waals surface area contributed by atoms with Crippen molar-refractivity contribution in [1.82, 2.24) is 10.6 Å². The SMILES string of the molecule is CNCCNCCCOC(=O)C(C)(CC(C)(C)C(C)(C)C(CC(C)(C)C)c1ccc(CS)cc1)C(C)(C)C. The monoisotopic (exact) mass is 548 g/mol. The van der Waals surface area contributed by atoms with Gasteiger partial charge in [0.1, 0.15) is 0 Å². The number of thiol groups is 1. The van der Waals surface area contributed by atoms with Gasteiger partial charge in [-0.2, -0.15) is 12.6 Å². The predicted octanol–water partition coefficient (Wildman–Crippen LogP) is 7.87. The van der Waals surface area contributed by atoms with E-state index in [2.05, 4.69) is 124 Å². The first-order valence-electron chi connectivity index (χ1n) is 14.5. The van der Waals surface area contributed by atoms with Crippen LogP contribution in [0.25, 0.3) is 0 Å². The highest BCUT2D eigenvalue weighted by Crippen LogP contribution is 2.59. The molecule has 1 aromatic rings. The minimum absolute atomic E-state index is 0.0744. The Bertz CT molecular complexity index is 849. The van der Waals surface area contributed by atoms with E-state index in [0.717, 1.165) is 44.6 Å². The van der Waals surface area contributed by atoms with Gasteiger partial charge in [-0.05, 0) is 78.5 Å². The number of rotatable bonds is 15. The lowest BCUT2D eigenvalue weighted by Crippen LogP contribution is -2.49. The standard InChI is InChI=1S/C33H60N2O2S/c1-29(2,3)22-27(26-16-14-25(23-38)15-17-26)32(9,10)31(7,8)24-33(11,30(4,5)6)28(36)37-21-13-18-35-20-19-34-12/h14-17,27,34-35,38H,13,18-24H2,1-12H3. The largest absolute Gasteiger partial charge is 0.465 e. The molecule has 220 valence electrons. The van der Waals surface area contributed by atoms with E-state index in [1.165, 1.54) is 11.1 Å². The third-order valence-corrected chi connectivity index (χ3v) is 9.55. The Morgan fingerprint density at radius 3 is 1.95 bits per heavy atom. The van der Waals surface area contributed by atoms with E-state index in [-0.39, 0.29) is 27.6 Å². The molecule has 0 aromatic heterocycles. The molecule has 0 aliphatic rings. The smallest absolute Gasteiger partial charge is 0.312 e. The minimum Gasteiger partial charge on any atom is -0.465 e. The highest BCUT2D eigenvalue weighted by atomic mass is 32.1. The second-order valence-electron chi connectivity index (χ2n) is 14.9. The van der Waals surface area contributed by atoms with Crippen LogP contribution in [-0.2, 0) is 15.3 Å². The molecule has 0 heterocycles. The van der Waals surface area contributed by atoms with Crippen LogP contribution in [0.4, 0.5) is 0 Å². The van der Waals surface area contributed by atoms with Crippen molar-refractivity contribution in [1.29, 1.82) is 0 Å². The Balaban J connectivity index is 3.24. The summed E-state index contributed by atoms with van der Waals surface area (Å²) in [4.78, 5) is 13.7. The predicted molar refractivity (Wildman–Crippen MR) is 168 cm³/mol. The van der Waals surface area contributed by atoms with E-state index in [0.29, 0.717) is 12.5 Å². The fourth-order valence-electron chi connectivity index (χ4n) is 5.34. The van der Waals surface area contributed by atoms with Gasteiger partial charge in [-0.3, -0.25) is 4.79 Å². The molecule has 2 unspecified atom stereocenters. The first-order valence-corrected chi connectivity index (χ1v) is 15.2. The van der Waals surface area contributed by atoms with Gasteiger partial charge in [0, 0.05) is 18.8 Å². The highest BCUT2D eigenvalue weighted by molar-refractivity contribution is 7.79. The molecule has 0 saturated carbocycles. The van der Waals surface area contributed by atoms with Crippen LogP contribution in [0, 0.1) is 27.1 Å². The molecule has 0 aliphatic carbocycles. The molecule has 0 saturated heterocycles. The van der Waals surface area contributed by atoms with E-state index < -0.39 is 5.41 Å². The summed E-state index contributed by atoms with van der Waals surface area (Å²) in [5, 5.41) is 6.51. The molecular formula is C33H60N2O2S. The third-order valence-electron chi connectivity index (χ3n) is 9.18. The number of carbonyl (C=O) groups excluding carboxylic acids is 1. The molecule has 0 bridgehead atoms. The summed E-state index contributed by atoms with van der Waals surface area (Å²) in [6.07, 6.45) is 2.65. The van der Waals surface area contributed by atoms with E-state index in [4.69, 9.17) is 4.74 Å². The van der Waals surface area contributed by atoms with Crippen LogP contribution in [0.3, 0.4) is 0 Å². The van der Waals surface area contributed by atoms with Gasteiger partial charge >= 0.3 is 5.97 Å². The lowest BCUT2D eigenvalue weighted by Gasteiger charge is -2.53. The van der Waals surface area contributed by atoms with Crippen LogP contribution in [0.1, 0.15) is 112 Å². The summed E-state index contributed by atoms with van der Waals surface area (Å²) in [5.74, 6) is 1.02.